The lowest BCUT2D eigenvalue weighted by atomic mass is 10.1. The monoisotopic (exact) mass is 287 g/mol. The van der Waals surface area contributed by atoms with E-state index >= 15 is 0 Å². The van der Waals surface area contributed by atoms with E-state index in [-0.39, 0.29) is 12.5 Å². The molecule has 0 aliphatic heterocycles. The van der Waals surface area contributed by atoms with Crippen molar-refractivity contribution in [1.29, 1.82) is 0 Å². The Bertz CT molecular complexity index is 583. The Labute approximate surface area is 125 Å². The maximum Gasteiger partial charge on any atom is 0.227 e. The molecule has 21 heavy (non-hydrogen) atoms. The van der Waals surface area contributed by atoms with Crippen molar-refractivity contribution in [1.82, 2.24) is 9.97 Å². The van der Waals surface area contributed by atoms with Crippen LogP contribution in [-0.4, -0.2) is 21.6 Å². The van der Waals surface area contributed by atoms with Gasteiger partial charge < -0.3 is 15.2 Å². The zero-order valence-electron chi connectivity index (χ0n) is 12.6. The minimum Gasteiger partial charge on any atom is -0.439 e. The van der Waals surface area contributed by atoms with E-state index in [1.54, 1.807) is 0 Å². The minimum atomic E-state index is 0.0234. The maximum atomic E-state index is 9.06. The van der Waals surface area contributed by atoms with E-state index in [2.05, 4.69) is 29.1 Å². The van der Waals surface area contributed by atoms with Crippen molar-refractivity contribution < 1.29 is 9.84 Å². The number of rotatable bonds is 6. The predicted octanol–water partition coefficient (Wildman–Crippen LogP) is 3.32. The summed E-state index contributed by atoms with van der Waals surface area (Å²) in [7, 11) is 0. The zero-order chi connectivity index (χ0) is 15.2. The van der Waals surface area contributed by atoms with Crippen LogP contribution in [-0.2, 0) is 6.61 Å². The van der Waals surface area contributed by atoms with Crippen LogP contribution in [0.3, 0.4) is 0 Å². The summed E-state index contributed by atoms with van der Waals surface area (Å²) >= 11 is 0. The molecule has 0 amide bonds. The molecule has 1 aromatic carbocycles. The molecular formula is C16H21N3O2. The van der Waals surface area contributed by atoms with Crippen LogP contribution in [0.2, 0.25) is 0 Å². The summed E-state index contributed by atoms with van der Waals surface area (Å²) in [5, 5.41) is 12.3. The lowest BCUT2D eigenvalue weighted by Gasteiger charge is -2.16. The molecule has 0 bridgehead atoms. The fourth-order valence-electron chi connectivity index (χ4n) is 2.06. The molecule has 1 heterocycles. The largest absolute Gasteiger partial charge is 0.439 e. The molecule has 2 aromatic rings. The summed E-state index contributed by atoms with van der Waals surface area (Å²) in [5.74, 6) is 2.30. The van der Waals surface area contributed by atoms with Gasteiger partial charge in [0.1, 0.15) is 17.9 Å². The molecule has 0 saturated carbocycles. The van der Waals surface area contributed by atoms with Gasteiger partial charge in [-0.15, -0.1) is 0 Å². The Morgan fingerprint density at radius 2 is 1.90 bits per heavy atom. The molecule has 0 fully saturated rings. The fourth-order valence-corrected chi connectivity index (χ4v) is 2.06. The van der Waals surface area contributed by atoms with Crippen LogP contribution in [0.1, 0.15) is 37.8 Å². The van der Waals surface area contributed by atoms with Crippen molar-refractivity contribution in [2.24, 2.45) is 0 Å². The first-order valence-corrected chi connectivity index (χ1v) is 7.12. The van der Waals surface area contributed by atoms with E-state index in [0.717, 1.165) is 23.5 Å². The molecule has 1 aromatic heterocycles. The smallest absolute Gasteiger partial charge is 0.227 e. The van der Waals surface area contributed by atoms with Gasteiger partial charge in [0.25, 0.3) is 0 Å². The summed E-state index contributed by atoms with van der Waals surface area (Å²) < 4.78 is 5.88. The highest BCUT2D eigenvalue weighted by Crippen LogP contribution is 2.32. The lowest BCUT2D eigenvalue weighted by molar-refractivity contribution is 0.281. The standard InChI is InChI=1S/C16H21N3O2/c1-4-17-15-14(11(2)3)16(19-10-18-15)21-13-7-5-12(9-20)6-8-13/h5-8,10-11,20H,4,9H2,1-3H3,(H,17,18,19). The molecule has 0 spiro atoms. The SMILES string of the molecule is CCNc1ncnc(Oc2ccc(CO)cc2)c1C(C)C. The first kappa shape index (κ1) is 15.3. The summed E-state index contributed by atoms with van der Waals surface area (Å²) in [6.07, 6.45) is 1.50. The number of anilines is 1. The van der Waals surface area contributed by atoms with Gasteiger partial charge in [0.05, 0.1) is 12.2 Å². The van der Waals surface area contributed by atoms with Gasteiger partial charge in [0.15, 0.2) is 0 Å². The van der Waals surface area contributed by atoms with Gasteiger partial charge in [-0.2, -0.15) is 0 Å². The van der Waals surface area contributed by atoms with Crippen LogP contribution >= 0.6 is 0 Å². The topological polar surface area (TPSA) is 67.3 Å². The summed E-state index contributed by atoms with van der Waals surface area (Å²) in [5.41, 5.74) is 1.81. The van der Waals surface area contributed by atoms with Crippen LogP contribution in [0.5, 0.6) is 11.6 Å². The van der Waals surface area contributed by atoms with E-state index in [1.807, 2.05) is 31.2 Å². The Kier molecular flexibility index (Phi) is 5.11. The Hall–Kier alpha value is -2.14. The second-order valence-corrected chi connectivity index (χ2v) is 5.03. The molecule has 2 rings (SSSR count). The molecule has 0 atom stereocenters. The Morgan fingerprint density at radius 1 is 1.19 bits per heavy atom. The van der Waals surface area contributed by atoms with Crippen LogP contribution in [0.4, 0.5) is 5.82 Å². The average molecular weight is 287 g/mol. The van der Waals surface area contributed by atoms with Gasteiger partial charge in [-0.05, 0) is 30.5 Å². The third-order valence-corrected chi connectivity index (χ3v) is 3.09. The highest BCUT2D eigenvalue weighted by Gasteiger charge is 2.16. The minimum absolute atomic E-state index is 0.0234. The van der Waals surface area contributed by atoms with Crippen molar-refractivity contribution in [3.05, 3.63) is 41.7 Å². The Morgan fingerprint density at radius 3 is 2.48 bits per heavy atom. The second kappa shape index (κ2) is 7.04. The number of benzene rings is 1. The lowest BCUT2D eigenvalue weighted by Crippen LogP contribution is -2.07. The second-order valence-electron chi connectivity index (χ2n) is 5.03. The molecule has 5 nitrogen and oxygen atoms in total. The molecule has 0 aliphatic rings. The summed E-state index contributed by atoms with van der Waals surface area (Å²) in [6, 6.07) is 7.31. The molecule has 0 unspecified atom stereocenters. The number of hydrogen-bond donors (Lipinski definition) is 2. The van der Waals surface area contributed by atoms with Gasteiger partial charge in [-0.3, -0.25) is 0 Å². The highest BCUT2D eigenvalue weighted by atomic mass is 16.5. The van der Waals surface area contributed by atoms with Gasteiger partial charge in [0, 0.05) is 6.54 Å². The molecular weight excluding hydrogens is 266 g/mol. The molecule has 0 radical (unpaired) electrons. The number of nitrogens with one attached hydrogen (secondary N) is 1. The zero-order valence-corrected chi connectivity index (χ0v) is 12.6. The van der Waals surface area contributed by atoms with Crippen molar-refractivity contribution in [2.75, 3.05) is 11.9 Å². The fraction of sp³-hybridized carbons (Fsp3) is 0.375. The van der Waals surface area contributed by atoms with Crippen molar-refractivity contribution in [2.45, 2.75) is 33.3 Å². The quantitative estimate of drug-likeness (QED) is 0.853. The normalized spacial score (nSPS) is 10.7. The van der Waals surface area contributed by atoms with Gasteiger partial charge in [-0.25, -0.2) is 9.97 Å². The van der Waals surface area contributed by atoms with E-state index in [0.29, 0.717) is 11.6 Å². The molecule has 5 heteroatoms. The van der Waals surface area contributed by atoms with Crippen LogP contribution in [0.25, 0.3) is 0 Å². The van der Waals surface area contributed by atoms with Crippen LogP contribution in [0.15, 0.2) is 30.6 Å². The Balaban J connectivity index is 2.31. The number of nitrogens with zero attached hydrogens (tertiary/aromatic N) is 2. The number of aromatic nitrogens is 2. The third-order valence-electron chi connectivity index (χ3n) is 3.09. The summed E-state index contributed by atoms with van der Waals surface area (Å²) in [4.78, 5) is 8.54. The van der Waals surface area contributed by atoms with Gasteiger partial charge in [-0.1, -0.05) is 26.0 Å². The van der Waals surface area contributed by atoms with Gasteiger partial charge >= 0.3 is 0 Å². The van der Waals surface area contributed by atoms with Crippen LogP contribution < -0.4 is 10.1 Å². The van der Waals surface area contributed by atoms with E-state index in [9.17, 15) is 0 Å². The number of ether oxygens (including phenoxy) is 1. The average Bonchev–Trinajstić information content (AvgIpc) is 2.48. The number of aliphatic hydroxyl groups is 1. The first-order chi connectivity index (χ1) is 10.2. The van der Waals surface area contributed by atoms with Crippen molar-refractivity contribution >= 4 is 5.82 Å². The van der Waals surface area contributed by atoms with Crippen molar-refractivity contribution in [3.63, 3.8) is 0 Å². The van der Waals surface area contributed by atoms with E-state index in [4.69, 9.17) is 9.84 Å². The van der Waals surface area contributed by atoms with E-state index < -0.39 is 0 Å². The summed E-state index contributed by atoms with van der Waals surface area (Å²) in [6.45, 7) is 7.01. The number of hydrogen-bond acceptors (Lipinski definition) is 5. The highest BCUT2D eigenvalue weighted by molar-refractivity contribution is 5.51. The van der Waals surface area contributed by atoms with Gasteiger partial charge in [0.2, 0.25) is 5.88 Å². The maximum absolute atomic E-state index is 9.06. The molecule has 112 valence electrons. The number of aliphatic hydroxyl groups excluding tert-OH is 1. The molecule has 2 N–H and O–H groups in total. The third kappa shape index (κ3) is 3.70. The van der Waals surface area contributed by atoms with Crippen molar-refractivity contribution in [3.8, 4) is 11.6 Å². The first-order valence-electron chi connectivity index (χ1n) is 7.12. The molecule has 0 aliphatic carbocycles. The van der Waals surface area contributed by atoms with E-state index in [1.165, 1.54) is 6.33 Å². The molecule has 0 saturated heterocycles. The van der Waals surface area contributed by atoms with Crippen LogP contribution in [0, 0.1) is 0 Å². The predicted molar refractivity (Wildman–Crippen MR) is 82.7 cm³/mol.